The molecular formula is C15H18Cl2N2O. The third-order valence-corrected chi connectivity index (χ3v) is 4.08. The molecule has 0 fully saturated rings. The highest BCUT2D eigenvalue weighted by molar-refractivity contribution is 6.36. The second-order valence-electron chi connectivity index (χ2n) is 4.97. The second-order valence-corrected chi connectivity index (χ2v) is 5.78. The largest absolute Gasteiger partial charge is 0.273 e. The molecule has 1 aliphatic rings. The molecule has 1 aliphatic heterocycles. The Kier molecular flexibility index (Phi) is 5.44. The van der Waals surface area contributed by atoms with E-state index in [9.17, 15) is 4.79 Å². The first-order valence-corrected chi connectivity index (χ1v) is 7.71. The fourth-order valence-corrected chi connectivity index (χ4v) is 2.92. The van der Waals surface area contributed by atoms with Crippen molar-refractivity contribution in [1.82, 2.24) is 5.43 Å². The molecule has 3 nitrogen and oxygen atoms in total. The minimum Gasteiger partial charge on any atom is -0.273 e. The molecule has 0 aromatic heterocycles. The third kappa shape index (κ3) is 3.74. The standard InChI is InChI=1S/C15H18Cl2N2O/c1-2-3-4-5-11-12(16)8-10(9-13(11)17)14-6-7-15(20)19-18-14/h8-9H,2-7H2,1H3,(H,19,20). The lowest BCUT2D eigenvalue weighted by Crippen LogP contribution is -2.25. The van der Waals surface area contributed by atoms with Crippen LogP contribution in [0.5, 0.6) is 0 Å². The van der Waals surface area contributed by atoms with Gasteiger partial charge in [0.1, 0.15) is 0 Å². The Morgan fingerprint density at radius 1 is 1.20 bits per heavy atom. The van der Waals surface area contributed by atoms with E-state index in [1.54, 1.807) is 0 Å². The summed E-state index contributed by atoms with van der Waals surface area (Å²) in [7, 11) is 0. The number of nitrogens with one attached hydrogen (secondary N) is 1. The van der Waals surface area contributed by atoms with Gasteiger partial charge in [0.2, 0.25) is 5.91 Å². The van der Waals surface area contributed by atoms with Gasteiger partial charge < -0.3 is 0 Å². The lowest BCUT2D eigenvalue weighted by Gasteiger charge is -2.14. The highest BCUT2D eigenvalue weighted by Gasteiger charge is 2.16. The summed E-state index contributed by atoms with van der Waals surface area (Å²) >= 11 is 12.7. The van der Waals surface area contributed by atoms with Gasteiger partial charge in [0.05, 0.1) is 5.71 Å². The molecule has 1 aromatic rings. The topological polar surface area (TPSA) is 41.5 Å². The van der Waals surface area contributed by atoms with E-state index in [2.05, 4.69) is 17.5 Å². The van der Waals surface area contributed by atoms with Gasteiger partial charge in [-0.05, 0) is 30.5 Å². The normalized spacial score (nSPS) is 14.9. The fourth-order valence-electron chi connectivity index (χ4n) is 2.24. The van der Waals surface area contributed by atoms with Gasteiger partial charge in [-0.3, -0.25) is 4.79 Å². The number of amides is 1. The maximum absolute atomic E-state index is 11.1. The average Bonchev–Trinajstić information content (AvgIpc) is 2.42. The molecule has 0 bridgehead atoms. The van der Waals surface area contributed by atoms with Crippen molar-refractivity contribution in [2.45, 2.75) is 45.4 Å². The van der Waals surface area contributed by atoms with Crippen LogP contribution in [0.15, 0.2) is 17.2 Å². The van der Waals surface area contributed by atoms with E-state index in [1.807, 2.05) is 12.1 Å². The van der Waals surface area contributed by atoms with Crippen molar-refractivity contribution in [2.24, 2.45) is 5.10 Å². The van der Waals surface area contributed by atoms with E-state index >= 15 is 0 Å². The Bertz CT molecular complexity index is 518. The zero-order chi connectivity index (χ0) is 14.5. The minimum absolute atomic E-state index is 0.0536. The van der Waals surface area contributed by atoms with Crippen molar-refractivity contribution in [3.05, 3.63) is 33.3 Å². The Morgan fingerprint density at radius 3 is 2.45 bits per heavy atom. The van der Waals surface area contributed by atoms with Crippen LogP contribution < -0.4 is 5.43 Å². The van der Waals surface area contributed by atoms with Crippen LogP contribution in [0.2, 0.25) is 10.0 Å². The summed E-state index contributed by atoms with van der Waals surface area (Å²) in [6, 6.07) is 3.79. The van der Waals surface area contributed by atoms with Gasteiger partial charge in [-0.2, -0.15) is 5.10 Å². The molecule has 0 saturated carbocycles. The molecular weight excluding hydrogens is 295 g/mol. The Labute approximate surface area is 129 Å². The lowest BCUT2D eigenvalue weighted by atomic mass is 10.0. The lowest BCUT2D eigenvalue weighted by molar-refractivity contribution is -0.121. The summed E-state index contributed by atoms with van der Waals surface area (Å²) in [4.78, 5) is 11.1. The van der Waals surface area contributed by atoms with Crippen LogP contribution in [0.3, 0.4) is 0 Å². The second kappa shape index (κ2) is 7.09. The number of carbonyl (C=O) groups is 1. The summed E-state index contributed by atoms with van der Waals surface area (Å²) in [5.41, 5.74) is 5.21. The summed E-state index contributed by atoms with van der Waals surface area (Å²) in [6.45, 7) is 2.17. The number of hydrogen-bond acceptors (Lipinski definition) is 2. The Morgan fingerprint density at radius 2 is 1.90 bits per heavy atom. The maximum atomic E-state index is 11.1. The van der Waals surface area contributed by atoms with E-state index < -0.39 is 0 Å². The number of nitrogens with zero attached hydrogens (tertiary/aromatic N) is 1. The number of rotatable bonds is 5. The highest BCUT2D eigenvalue weighted by Crippen LogP contribution is 2.29. The number of benzene rings is 1. The van der Waals surface area contributed by atoms with Gasteiger partial charge in [0, 0.05) is 28.5 Å². The van der Waals surface area contributed by atoms with Crippen LogP contribution in [0.4, 0.5) is 0 Å². The molecule has 1 N–H and O–H groups in total. The Balaban J connectivity index is 2.19. The third-order valence-electron chi connectivity index (χ3n) is 3.41. The van der Waals surface area contributed by atoms with Crippen LogP contribution in [-0.4, -0.2) is 11.6 Å². The number of halogens is 2. The van der Waals surface area contributed by atoms with E-state index in [0.717, 1.165) is 29.7 Å². The molecule has 0 unspecified atom stereocenters. The average molecular weight is 313 g/mol. The summed E-state index contributed by atoms with van der Waals surface area (Å²) < 4.78 is 0. The SMILES string of the molecule is CCCCCc1c(Cl)cc(C2=NNC(=O)CC2)cc1Cl. The molecule has 108 valence electrons. The maximum Gasteiger partial charge on any atom is 0.240 e. The van der Waals surface area contributed by atoms with Crippen LogP contribution in [0, 0.1) is 0 Å². The van der Waals surface area contributed by atoms with Gasteiger partial charge >= 0.3 is 0 Å². The van der Waals surface area contributed by atoms with Crippen molar-refractivity contribution in [3.63, 3.8) is 0 Å². The predicted octanol–water partition coefficient (Wildman–Crippen LogP) is 4.34. The first kappa shape index (κ1) is 15.3. The van der Waals surface area contributed by atoms with Gasteiger partial charge in [-0.25, -0.2) is 5.43 Å². The number of unbranched alkanes of at least 4 members (excludes halogenated alkanes) is 2. The summed E-state index contributed by atoms with van der Waals surface area (Å²) in [5, 5.41) is 5.43. The van der Waals surface area contributed by atoms with E-state index in [-0.39, 0.29) is 5.91 Å². The smallest absolute Gasteiger partial charge is 0.240 e. The predicted molar refractivity (Wildman–Crippen MR) is 83.6 cm³/mol. The van der Waals surface area contributed by atoms with Gasteiger partial charge in [0.15, 0.2) is 0 Å². The van der Waals surface area contributed by atoms with Crippen molar-refractivity contribution in [1.29, 1.82) is 0 Å². The number of hydrogen-bond donors (Lipinski definition) is 1. The molecule has 0 saturated heterocycles. The van der Waals surface area contributed by atoms with Crippen molar-refractivity contribution in [3.8, 4) is 0 Å². The first-order valence-electron chi connectivity index (χ1n) is 6.95. The van der Waals surface area contributed by atoms with Crippen LogP contribution in [0.25, 0.3) is 0 Å². The zero-order valence-electron chi connectivity index (χ0n) is 11.5. The number of hydrazone groups is 1. The van der Waals surface area contributed by atoms with Crippen LogP contribution >= 0.6 is 23.2 Å². The molecule has 0 radical (unpaired) electrons. The molecule has 2 rings (SSSR count). The van der Waals surface area contributed by atoms with E-state index in [0.29, 0.717) is 22.9 Å². The molecule has 1 heterocycles. The molecule has 20 heavy (non-hydrogen) atoms. The van der Waals surface area contributed by atoms with Gasteiger partial charge in [-0.1, -0.05) is 43.0 Å². The summed E-state index contributed by atoms with van der Waals surface area (Å²) in [5.74, 6) is -0.0536. The molecule has 0 aliphatic carbocycles. The monoisotopic (exact) mass is 312 g/mol. The zero-order valence-corrected chi connectivity index (χ0v) is 13.0. The van der Waals surface area contributed by atoms with Crippen molar-refractivity contribution in [2.75, 3.05) is 0 Å². The highest BCUT2D eigenvalue weighted by atomic mass is 35.5. The minimum atomic E-state index is -0.0536. The van der Waals surface area contributed by atoms with E-state index in [1.165, 1.54) is 12.8 Å². The van der Waals surface area contributed by atoms with Crippen molar-refractivity contribution >= 4 is 34.8 Å². The van der Waals surface area contributed by atoms with Gasteiger partial charge in [0.25, 0.3) is 0 Å². The first-order chi connectivity index (χ1) is 9.61. The summed E-state index contributed by atoms with van der Waals surface area (Å²) in [6.07, 6.45) is 5.40. The molecule has 0 spiro atoms. The van der Waals surface area contributed by atoms with E-state index in [4.69, 9.17) is 23.2 Å². The Hall–Kier alpha value is -1.06. The molecule has 5 heteroatoms. The van der Waals surface area contributed by atoms with Gasteiger partial charge in [-0.15, -0.1) is 0 Å². The fraction of sp³-hybridized carbons (Fsp3) is 0.467. The molecule has 1 amide bonds. The quantitative estimate of drug-likeness (QED) is 0.807. The van der Waals surface area contributed by atoms with Crippen molar-refractivity contribution < 1.29 is 4.79 Å². The number of carbonyl (C=O) groups excluding carboxylic acids is 1. The molecule has 1 aromatic carbocycles. The van der Waals surface area contributed by atoms with Crippen LogP contribution in [0.1, 0.15) is 50.2 Å². The molecule has 0 atom stereocenters. The van der Waals surface area contributed by atoms with Crippen LogP contribution in [-0.2, 0) is 11.2 Å².